The molecule has 134 valence electrons. The number of amides is 2. The lowest BCUT2D eigenvalue weighted by atomic mass is 10.1. The first-order valence-electron chi connectivity index (χ1n) is 8.45. The smallest absolute Gasteiger partial charge is 0.315 e. The molecule has 0 saturated heterocycles. The van der Waals surface area contributed by atoms with E-state index in [0.717, 1.165) is 56.3 Å². The van der Waals surface area contributed by atoms with Crippen LogP contribution in [-0.4, -0.2) is 20.8 Å². The molecule has 1 aliphatic heterocycles. The number of aromatic nitrogens is 3. The molecule has 1 aromatic carbocycles. The van der Waals surface area contributed by atoms with E-state index in [2.05, 4.69) is 20.8 Å². The minimum atomic E-state index is -0.661. The molecule has 0 saturated carbocycles. The van der Waals surface area contributed by atoms with Crippen molar-refractivity contribution in [2.75, 3.05) is 0 Å². The molecule has 8 heteroatoms. The number of nitrogens with zero attached hydrogens (tertiary/aromatic N) is 3. The third-order valence-corrected chi connectivity index (χ3v) is 4.37. The zero-order valence-corrected chi connectivity index (χ0v) is 14.1. The average molecular weight is 349 g/mol. The van der Waals surface area contributed by atoms with Crippen LogP contribution in [0, 0.1) is 11.6 Å². The van der Waals surface area contributed by atoms with E-state index in [-0.39, 0.29) is 12.1 Å². The van der Waals surface area contributed by atoms with E-state index in [1.807, 2.05) is 4.57 Å². The number of benzene rings is 1. The van der Waals surface area contributed by atoms with Gasteiger partial charge in [0.15, 0.2) is 5.82 Å². The second-order valence-electron chi connectivity index (χ2n) is 6.21. The molecule has 1 atom stereocenters. The summed E-state index contributed by atoms with van der Waals surface area (Å²) in [6, 6.07) is 2.04. The molecule has 25 heavy (non-hydrogen) atoms. The summed E-state index contributed by atoms with van der Waals surface area (Å²) in [7, 11) is 0. The third-order valence-electron chi connectivity index (χ3n) is 4.37. The number of fused-ring (bicyclic) bond motifs is 1. The van der Waals surface area contributed by atoms with Gasteiger partial charge in [-0.15, -0.1) is 10.2 Å². The molecule has 1 aromatic heterocycles. The maximum atomic E-state index is 13.7. The summed E-state index contributed by atoms with van der Waals surface area (Å²) >= 11 is 0. The molecule has 1 aliphatic rings. The van der Waals surface area contributed by atoms with Gasteiger partial charge in [0.2, 0.25) is 0 Å². The Balaban J connectivity index is 1.58. The molecule has 0 fully saturated rings. The largest absolute Gasteiger partial charge is 0.332 e. The Kier molecular flexibility index (Phi) is 5.25. The Bertz CT molecular complexity index is 761. The topological polar surface area (TPSA) is 71.8 Å². The zero-order chi connectivity index (χ0) is 17.8. The lowest BCUT2D eigenvalue weighted by Crippen LogP contribution is -2.37. The molecule has 2 aromatic rings. The van der Waals surface area contributed by atoms with Crippen LogP contribution in [0.4, 0.5) is 13.6 Å². The highest BCUT2D eigenvalue weighted by molar-refractivity contribution is 5.74. The fraction of sp³-hybridized carbons (Fsp3) is 0.471. The van der Waals surface area contributed by atoms with Crippen LogP contribution in [-0.2, 0) is 19.5 Å². The van der Waals surface area contributed by atoms with Gasteiger partial charge in [-0.2, -0.15) is 0 Å². The van der Waals surface area contributed by atoms with Crippen molar-refractivity contribution in [3.05, 3.63) is 47.0 Å². The number of carbonyl (C=O) groups is 1. The molecule has 0 aliphatic carbocycles. The van der Waals surface area contributed by atoms with E-state index in [0.29, 0.717) is 5.82 Å². The SMILES string of the molecule is C[C@@H](NC(=O)NCc1nnc2n1CCCCC2)c1cc(F)ccc1F. The van der Waals surface area contributed by atoms with Gasteiger partial charge < -0.3 is 15.2 Å². The Labute approximate surface area is 144 Å². The maximum Gasteiger partial charge on any atom is 0.315 e. The number of halogens is 2. The normalized spacial score (nSPS) is 15.2. The van der Waals surface area contributed by atoms with E-state index >= 15 is 0 Å². The standard InChI is InChI=1S/C17H21F2N5O/c1-11(13-9-12(18)6-7-14(13)19)21-17(25)20-10-16-23-22-15-5-3-2-4-8-24(15)16/h6-7,9,11H,2-5,8,10H2,1H3,(H2,20,21,25)/t11-/m1/s1. The van der Waals surface area contributed by atoms with Gasteiger partial charge >= 0.3 is 6.03 Å². The first-order valence-corrected chi connectivity index (χ1v) is 8.45. The Morgan fingerprint density at radius 3 is 2.96 bits per heavy atom. The number of rotatable bonds is 4. The number of urea groups is 1. The van der Waals surface area contributed by atoms with E-state index in [9.17, 15) is 13.6 Å². The van der Waals surface area contributed by atoms with E-state index in [1.54, 1.807) is 6.92 Å². The van der Waals surface area contributed by atoms with E-state index < -0.39 is 23.7 Å². The summed E-state index contributed by atoms with van der Waals surface area (Å²) in [6.45, 7) is 2.68. The molecule has 0 unspecified atom stereocenters. The minimum absolute atomic E-state index is 0.103. The molecule has 0 radical (unpaired) electrons. The molecule has 2 amide bonds. The predicted octanol–water partition coefficient (Wildman–Crippen LogP) is 2.84. The van der Waals surface area contributed by atoms with Crippen molar-refractivity contribution in [2.45, 2.75) is 51.7 Å². The summed E-state index contributed by atoms with van der Waals surface area (Å²) in [4.78, 5) is 12.1. The molecule has 0 spiro atoms. The Morgan fingerprint density at radius 2 is 2.12 bits per heavy atom. The molecular weight excluding hydrogens is 328 g/mol. The fourth-order valence-corrected chi connectivity index (χ4v) is 3.01. The first-order chi connectivity index (χ1) is 12.0. The van der Waals surface area contributed by atoms with Gasteiger partial charge in [-0.3, -0.25) is 0 Å². The number of hydrogen-bond donors (Lipinski definition) is 2. The molecular formula is C17H21F2N5O. The Morgan fingerprint density at radius 1 is 1.28 bits per heavy atom. The van der Waals surface area contributed by atoms with Crippen LogP contribution >= 0.6 is 0 Å². The number of carbonyl (C=O) groups excluding carboxylic acids is 1. The maximum absolute atomic E-state index is 13.7. The van der Waals surface area contributed by atoms with Crippen molar-refractivity contribution in [1.82, 2.24) is 25.4 Å². The summed E-state index contributed by atoms with van der Waals surface area (Å²) in [5.74, 6) is 0.551. The highest BCUT2D eigenvalue weighted by Crippen LogP contribution is 2.18. The van der Waals surface area contributed by atoms with Crippen LogP contribution in [0.2, 0.25) is 0 Å². The van der Waals surface area contributed by atoms with E-state index in [1.165, 1.54) is 0 Å². The van der Waals surface area contributed by atoms with Gasteiger partial charge in [0.1, 0.15) is 17.5 Å². The third kappa shape index (κ3) is 4.12. The molecule has 2 heterocycles. The van der Waals surface area contributed by atoms with Crippen LogP contribution in [0.5, 0.6) is 0 Å². The highest BCUT2D eigenvalue weighted by Gasteiger charge is 2.17. The van der Waals surface area contributed by atoms with Crippen LogP contribution in [0.3, 0.4) is 0 Å². The van der Waals surface area contributed by atoms with Gasteiger partial charge in [-0.25, -0.2) is 13.6 Å². The summed E-state index contributed by atoms with van der Waals surface area (Å²) in [6.07, 6.45) is 4.23. The lowest BCUT2D eigenvalue weighted by Gasteiger charge is -2.16. The van der Waals surface area contributed by atoms with Crippen LogP contribution in [0.25, 0.3) is 0 Å². The van der Waals surface area contributed by atoms with E-state index in [4.69, 9.17) is 0 Å². The van der Waals surface area contributed by atoms with Crippen LogP contribution in [0.1, 0.15) is 49.4 Å². The summed E-state index contributed by atoms with van der Waals surface area (Å²) < 4.78 is 29.1. The monoisotopic (exact) mass is 349 g/mol. The van der Waals surface area contributed by atoms with Crippen molar-refractivity contribution in [1.29, 1.82) is 0 Å². The van der Waals surface area contributed by atoms with Gasteiger partial charge in [0, 0.05) is 18.5 Å². The van der Waals surface area contributed by atoms with Crippen molar-refractivity contribution in [2.24, 2.45) is 0 Å². The highest BCUT2D eigenvalue weighted by atomic mass is 19.1. The second kappa shape index (κ2) is 7.58. The van der Waals surface area contributed by atoms with Gasteiger partial charge in [-0.1, -0.05) is 6.42 Å². The van der Waals surface area contributed by atoms with Crippen molar-refractivity contribution < 1.29 is 13.6 Å². The van der Waals surface area contributed by atoms with Crippen molar-refractivity contribution >= 4 is 6.03 Å². The predicted molar refractivity (Wildman–Crippen MR) is 87.7 cm³/mol. The number of aryl methyl sites for hydroxylation is 1. The first kappa shape index (κ1) is 17.3. The lowest BCUT2D eigenvalue weighted by molar-refractivity contribution is 0.237. The molecule has 2 N–H and O–H groups in total. The zero-order valence-electron chi connectivity index (χ0n) is 14.1. The quantitative estimate of drug-likeness (QED) is 0.892. The number of nitrogens with one attached hydrogen (secondary N) is 2. The van der Waals surface area contributed by atoms with Crippen LogP contribution < -0.4 is 10.6 Å². The second-order valence-corrected chi connectivity index (χ2v) is 6.21. The molecule has 6 nitrogen and oxygen atoms in total. The number of hydrogen-bond acceptors (Lipinski definition) is 3. The Hall–Kier alpha value is -2.51. The summed E-state index contributed by atoms with van der Waals surface area (Å²) in [5, 5.41) is 13.6. The molecule has 3 rings (SSSR count). The van der Waals surface area contributed by atoms with Crippen molar-refractivity contribution in [3.8, 4) is 0 Å². The summed E-state index contributed by atoms with van der Waals surface area (Å²) in [5.41, 5.74) is 0.103. The van der Waals surface area contributed by atoms with Gasteiger partial charge in [0.05, 0.1) is 12.6 Å². The van der Waals surface area contributed by atoms with Gasteiger partial charge in [-0.05, 0) is 38.0 Å². The van der Waals surface area contributed by atoms with Crippen LogP contribution in [0.15, 0.2) is 18.2 Å². The molecule has 0 bridgehead atoms. The minimum Gasteiger partial charge on any atom is -0.332 e. The average Bonchev–Trinajstić information content (AvgIpc) is 2.81. The van der Waals surface area contributed by atoms with Crippen molar-refractivity contribution in [3.63, 3.8) is 0 Å². The fourth-order valence-electron chi connectivity index (χ4n) is 3.01. The van der Waals surface area contributed by atoms with Gasteiger partial charge in [0.25, 0.3) is 0 Å².